The first-order valence-corrected chi connectivity index (χ1v) is 9.47. The average molecular weight is 377 g/mol. The van der Waals surface area contributed by atoms with Crippen molar-refractivity contribution in [1.29, 1.82) is 0 Å². The predicted octanol–water partition coefficient (Wildman–Crippen LogP) is 2.91. The molecule has 0 saturated heterocycles. The Morgan fingerprint density at radius 2 is 1.89 bits per heavy atom. The van der Waals surface area contributed by atoms with Crippen molar-refractivity contribution in [3.05, 3.63) is 66.0 Å². The van der Waals surface area contributed by atoms with E-state index in [0.29, 0.717) is 12.1 Å². The molecule has 2 aromatic carbocycles. The lowest BCUT2D eigenvalue weighted by molar-refractivity contribution is 0.0942. The largest absolute Gasteiger partial charge is 0.496 e. The number of hydrogen-bond donors (Lipinski definition) is 1. The van der Waals surface area contributed by atoms with E-state index < -0.39 is 0 Å². The smallest absolute Gasteiger partial charge is 0.251 e. The molecule has 4 rings (SSSR count). The van der Waals surface area contributed by atoms with Crippen molar-refractivity contribution in [2.24, 2.45) is 0 Å². The molecule has 1 aliphatic rings. The first kappa shape index (κ1) is 18.2. The topological polar surface area (TPSA) is 81.9 Å². The lowest BCUT2D eigenvalue weighted by Gasteiger charge is -2.31. The summed E-state index contributed by atoms with van der Waals surface area (Å²) in [7, 11) is 1.70. The van der Waals surface area contributed by atoms with Crippen molar-refractivity contribution >= 4 is 5.91 Å². The van der Waals surface area contributed by atoms with Crippen LogP contribution in [0.15, 0.2) is 54.9 Å². The van der Waals surface area contributed by atoms with Gasteiger partial charge in [0, 0.05) is 23.1 Å². The lowest BCUT2D eigenvalue weighted by Crippen LogP contribution is -2.39. The fraction of sp³-hybridized carbons (Fsp3) is 0.333. The first-order chi connectivity index (χ1) is 13.7. The number of ether oxygens (including phenoxy) is 1. The zero-order valence-electron chi connectivity index (χ0n) is 15.8. The summed E-state index contributed by atoms with van der Waals surface area (Å²) in [5.41, 5.74) is 2.53. The molecule has 144 valence electrons. The van der Waals surface area contributed by atoms with Crippen LogP contribution in [0, 0.1) is 0 Å². The van der Waals surface area contributed by atoms with E-state index in [-0.39, 0.29) is 11.3 Å². The SMILES string of the molecule is COc1ccccc1C1(CNC(=O)c2ccc(-n3cnnn3)cc2)CCCC1. The molecule has 1 aromatic heterocycles. The Morgan fingerprint density at radius 1 is 1.14 bits per heavy atom. The molecule has 0 unspecified atom stereocenters. The number of para-hydroxylation sites is 1. The number of carbonyl (C=O) groups is 1. The number of nitrogens with one attached hydrogen (secondary N) is 1. The molecule has 1 heterocycles. The number of tetrazole rings is 1. The van der Waals surface area contributed by atoms with Crippen molar-refractivity contribution < 1.29 is 9.53 Å². The highest BCUT2D eigenvalue weighted by Gasteiger charge is 2.38. The Morgan fingerprint density at radius 3 is 2.57 bits per heavy atom. The first-order valence-electron chi connectivity index (χ1n) is 9.47. The number of hydrogen-bond acceptors (Lipinski definition) is 5. The molecule has 7 nitrogen and oxygen atoms in total. The highest BCUT2D eigenvalue weighted by molar-refractivity contribution is 5.94. The van der Waals surface area contributed by atoms with Crippen LogP contribution in [0.2, 0.25) is 0 Å². The van der Waals surface area contributed by atoms with E-state index in [1.54, 1.807) is 23.9 Å². The molecule has 0 atom stereocenters. The van der Waals surface area contributed by atoms with Crippen LogP contribution in [0.5, 0.6) is 5.75 Å². The fourth-order valence-corrected chi connectivity index (χ4v) is 4.07. The van der Waals surface area contributed by atoms with Gasteiger partial charge in [0.15, 0.2) is 0 Å². The summed E-state index contributed by atoms with van der Waals surface area (Å²) in [5, 5.41) is 14.2. The Labute approximate surface area is 163 Å². The van der Waals surface area contributed by atoms with Gasteiger partial charge in [0.2, 0.25) is 0 Å². The number of nitrogens with zero attached hydrogens (tertiary/aromatic N) is 4. The standard InChI is InChI=1S/C21H23N5O2/c1-28-19-7-3-2-6-18(19)21(12-4-5-13-21)14-22-20(27)16-8-10-17(11-9-16)26-15-23-24-25-26/h2-3,6-11,15H,4-5,12-14H2,1H3,(H,22,27). The number of carbonyl (C=O) groups excluding carboxylic acids is 1. The Balaban J connectivity index is 1.49. The fourth-order valence-electron chi connectivity index (χ4n) is 4.07. The van der Waals surface area contributed by atoms with Crippen LogP contribution in [-0.4, -0.2) is 39.8 Å². The summed E-state index contributed by atoms with van der Waals surface area (Å²) in [6.45, 7) is 0.598. The summed E-state index contributed by atoms with van der Waals surface area (Å²) in [6, 6.07) is 15.4. The quantitative estimate of drug-likeness (QED) is 0.714. The molecular weight excluding hydrogens is 354 g/mol. The van der Waals surface area contributed by atoms with Crippen LogP contribution in [0.4, 0.5) is 0 Å². The monoisotopic (exact) mass is 377 g/mol. The maximum absolute atomic E-state index is 12.7. The molecule has 1 fully saturated rings. The van der Waals surface area contributed by atoms with Gasteiger partial charge in [0.25, 0.3) is 5.91 Å². The van der Waals surface area contributed by atoms with E-state index in [4.69, 9.17) is 4.74 Å². The van der Waals surface area contributed by atoms with Gasteiger partial charge in [-0.15, -0.1) is 5.10 Å². The van der Waals surface area contributed by atoms with E-state index in [2.05, 4.69) is 26.9 Å². The van der Waals surface area contributed by atoms with Crippen molar-refractivity contribution in [1.82, 2.24) is 25.5 Å². The minimum atomic E-state index is -0.0792. The zero-order valence-corrected chi connectivity index (χ0v) is 15.8. The van der Waals surface area contributed by atoms with Crippen LogP contribution in [0.1, 0.15) is 41.6 Å². The van der Waals surface area contributed by atoms with Crippen molar-refractivity contribution in [3.8, 4) is 11.4 Å². The van der Waals surface area contributed by atoms with E-state index in [9.17, 15) is 4.79 Å². The van der Waals surface area contributed by atoms with Crippen molar-refractivity contribution in [3.63, 3.8) is 0 Å². The minimum absolute atomic E-state index is 0.0748. The lowest BCUT2D eigenvalue weighted by atomic mass is 9.78. The second-order valence-corrected chi connectivity index (χ2v) is 7.17. The number of amides is 1. The second-order valence-electron chi connectivity index (χ2n) is 7.17. The van der Waals surface area contributed by atoms with E-state index >= 15 is 0 Å². The maximum Gasteiger partial charge on any atom is 0.251 e. The molecule has 1 aliphatic carbocycles. The normalized spacial score (nSPS) is 15.3. The van der Waals surface area contributed by atoms with Gasteiger partial charge in [-0.05, 0) is 53.6 Å². The van der Waals surface area contributed by atoms with Gasteiger partial charge in [-0.2, -0.15) is 0 Å². The van der Waals surface area contributed by atoms with Crippen LogP contribution < -0.4 is 10.1 Å². The highest BCUT2D eigenvalue weighted by atomic mass is 16.5. The molecule has 0 bridgehead atoms. The van der Waals surface area contributed by atoms with Crippen LogP contribution >= 0.6 is 0 Å². The Bertz CT molecular complexity index is 932. The molecule has 1 saturated carbocycles. The van der Waals surface area contributed by atoms with Gasteiger partial charge in [0.1, 0.15) is 12.1 Å². The van der Waals surface area contributed by atoms with Crippen LogP contribution in [-0.2, 0) is 5.41 Å². The molecule has 1 N–H and O–H groups in total. The number of methoxy groups -OCH3 is 1. The van der Waals surface area contributed by atoms with Crippen molar-refractivity contribution in [2.45, 2.75) is 31.1 Å². The van der Waals surface area contributed by atoms with Gasteiger partial charge in [0.05, 0.1) is 12.8 Å². The third-order valence-electron chi connectivity index (χ3n) is 5.57. The van der Waals surface area contributed by atoms with E-state index in [1.807, 2.05) is 30.3 Å². The summed E-state index contributed by atoms with van der Waals surface area (Å²) in [6.07, 6.45) is 5.94. The molecule has 0 aliphatic heterocycles. The van der Waals surface area contributed by atoms with Crippen LogP contribution in [0.3, 0.4) is 0 Å². The molecule has 1 amide bonds. The predicted molar refractivity (Wildman–Crippen MR) is 105 cm³/mol. The van der Waals surface area contributed by atoms with Crippen molar-refractivity contribution in [2.75, 3.05) is 13.7 Å². The summed E-state index contributed by atoms with van der Waals surface area (Å²) < 4.78 is 7.14. The number of benzene rings is 2. The van der Waals surface area contributed by atoms with E-state index in [0.717, 1.165) is 37.1 Å². The van der Waals surface area contributed by atoms with Gasteiger partial charge in [-0.25, -0.2) is 4.68 Å². The maximum atomic E-state index is 12.7. The Kier molecular flexibility index (Phi) is 5.06. The zero-order chi connectivity index (χ0) is 19.4. The number of aromatic nitrogens is 4. The second kappa shape index (κ2) is 7.80. The molecule has 7 heteroatoms. The summed E-state index contributed by atoms with van der Waals surface area (Å²) >= 11 is 0. The van der Waals surface area contributed by atoms with Gasteiger partial charge >= 0.3 is 0 Å². The average Bonchev–Trinajstić information content (AvgIpc) is 3.45. The van der Waals surface area contributed by atoms with Crippen LogP contribution in [0.25, 0.3) is 5.69 Å². The molecule has 0 radical (unpaired) electrons. The van der Waals surface area contributed by atoms with Gasteiger partial charge in [-0.1, -0.05) is 31.0 Å². The molecular formula is C21H23N5O2. The molecule has 3 aromatic rings. The molecule has 0 spiro atoms. The Hall–Kier alpha value is -3.22. The van der Waals surface area contributed by atoms with E-state index in [1.165, 1.54) is 11.9 Å². The molecule has 28 heavy (non-hydrogen) atoms. The third kappa shape index (κ3) is 3.47. The summed E-state index contributed by atoms with van der Waals surface area (Å²) in [4.78, 5) is 12.7. The van der Waals surface area contributed by atoms with Gasteiger partial charge in [-0.3, -0.25) is 4.79 Å². The van der Waals surface area contributed by atoms with Gasteiger partial charge < -0.3 is 10.1 Å². The number of rotatable bonds is 6. The highest BCUT2D eigenvalue weighted by Crippen LogP contribution is 2.44. The summed E-state index contributed by atoms with van der Waals surface area (Å²) in [5.74, 6) is 0.814. The minimum Gasteiger partial charge on any atom is -0.496 e. The third-order valence-corrected chi connectivity index (χ3v) is 5.57.